The van der Waals surface area contributed by atoms with E-state index in [0.717, 1.165) is 0 Å². The molecule has 1 atom stereocenters. The van der Waals surface area contributed by atoms with Crippen LogP contribution in [-0.2, 0) is 14.8 Å². The van der Waals surface area contributed by atoms with Crippen LogP contribution in [-0.4, -0.2) is 49.8 Å². The standard InChI is InChI=1S/C21H26N4O7S/c1-4-5-13-31-16-8-10-17(11-9-16)33(29,30)25-18(20(26)23-28)7-6-12-22-21(27)19-14(2)24-32-15(19)3/h8-11,18,25,28H,6-7,12-13H2,1-3H3,(H,22,27)(H,23,26)/t18-/m1/s1. The number of carbonyl (C=O) groups is 2. The molecule has 2 aromatic rings. The molecule has 12 heteroatoms. The van der Waals surface area contributed by atoms with Crippen LogP contribution < -0.4 is 20.3 Å². The molecule has 1 heterocycles. The van der Waals surface area contributed by atoms with Crippen LogP contribution >= 0.6 is 0 Å². The molecule has 2 amide bonds. The van der Waals surface area contributed by atoms with Crippen LogP contribution in [0.1, 0.15) is 41.6 Å². The Morgan fingerprint density at radius 3 is 2.52 bits per heavy atom. The van der Waals surface area contributed by atoms with E-state index in [1.807, 2.05) is 0 Å². The molecule has 0 unspecified atom stereocenters. The molecule has 33 heavy (non-hydrogen) atoms. The third-order valence-electron chi connectivity index (χ3n) is 4.56. The third kappa shape index (κ3) is 7.31. The zero-order chi connectivity index (χ0) is 24.4. The number of aryl methyl sites for hydroxylation is 2. The zero-order valence-electron chi connectivity index (χ0n) is 18.5. The molecule has 0 bridgehead atoms. The van der Waals surface area contributed by atoms with Crippen molar-refractivity contribution in [3.8, 4) is 17.6 Å². The summed E-state index contributed by atoms with van der Waals surface area (Å²) in [5.41, 5.74) is 2.23. The molecular formula is C21H26N4O7S. The maximum Gasteiger partial charge on any atom is 0.261 e. The molecular weight excluding hydrogens is 452 g/mol. The minimum absolute atomic E-state index is 0.0182. The first kappa shape index (κ1) is 25.9. The molecule has 4 N–H and O–H groups in total. The first-order valence-electron chi connectivity index (χ1n) is 9.99. The van der Waals surface area contributed by atoms with E-state index in [9.17, 15) is 18.0 Å². The minimum atomic E-state index is -4.07. The fourth-order valence-corrected chi connectivity index (χ4v) is 4.12. The highest BCUT2D eigenvalue weighted by molar-refractivity contribution is 7.89. The number of hydrogen-bond donors (Lipinski definition) is 4. The Balaban J connectivity index is 1.96. The number of benzene rings is 1. The molecule has 0 fully saturated rings. The lowest BCUT2D eigenvalue weighted by molar-refractivity contribution is -0.131. The van der Waals surface area contributed by atoms with Crippen molar-refractivity contribution >= 4 is 21.8 Å². The largest absolute Gasteiger partial charge is 0.481 e. The summed E-state index contributed by atoms with van der Waals surface area (Å²) < 4.78 is 37.9. The van der Waals surface area contributed by atoms with Crippen molar-refractivity contribution in [2.24, 2.45) is 0 Å². The van der Waals surface area contributed by atoms with Gasteiger partial charge in [0.1, 0.15) is 29.7 Å². The predicted octanol–water partition coefficient (Wildman–Crippen LogP) is 1.06. The van der Waals surface area contributed by atoms with Crippen molar-refractivity contribution in [2.45, 2.75) is 44.6 Å². The molecule has 0 aliphatic heterocycles. The number of carbonyl (C=O) groups excluding carboxylic acids is 2. The Hall–Kier alpha value is -3.40. The second kappa shape index (κ2) is 12.0. The summed E-state index contributed by atoms with van der Waals surface area (Å²) in [5.74, 6) is 4.92. The fourth-order valence-electron chi connectivity index (χ4n) is 2.89. The summed E-state index contributed by atoms with van der Waals surface area (Å²) >= 11 is 0. The molecule has 0 aliphatic carbocycles. The van der Waals surface area contributed by atoms with Crippen molar-refractivity contribution < 1.29 is 32.5 Å². The Bertz CT molecular complexity index is 1110. The van der Waals surface area contributed by atoms with Crippen molar-refractivity contribution in [1.82, 2.24) is 20.7 Å². The Kier molecular flexibility index (Phi) is 9.41. The van der Waals surface area contributed by atoms with Gasteiger partial charge in [0.25, 0.3) is 11.8 Å². The Labute approximate surface area is 191 Å². The van der Waals surface area contributed by atoms with Gasteiger partial charge in [-0.25, -0.2) is 13.9 Å². The summed E-state index contributed by atoms with van der Waals surface area (Å²) in [7, 11) is -4.07. The van der Waals surface area contributed by atoms with Gasteiger partial charge in [0.05, 0.1) is 10.6 Å². The SMILES string of the molecule is CC#CCOc1ccc(S(=O)(=O)N[C@H](CCCNC(=O)c2c(C)noc2C)C(=O)NO)cc1. The van der Waals surface area contributed by atoms with E-state index in [2.05, 4.69) is 27.0 Å². The van der Waals surface area contributed by atoms with Gasteiger partial charge < -0.3 is 14.6 Å². The highest BCUT2D eigenvalue weighted by atomic mass is 32.2. The van der Waals surface area contributed by atoms with Crippen LogP contribution in [0.15, 0.2) is 33.7 Å². The predicted molar refractivity (Wildman–Crippen MR) is 117 cm³/mol. The van der Waals surface area contributed by atoms with E-state index < -0.39 is 22.0 Å². The number of amides is 2. The van der Waals surface area contributed by atoms with E-state index in [0.29, 0.717) is 22.8 Å². The minimum Gasteiger partial charge on any atom is -0.481 e. The monoisotopic (exact) mass is 478 g/mol. The van der Waals surface area contributed by atoms with E-state index >= 15 is 0 Å². The average molecular weight is 479 g/mol. The molecule has 0 aliphatic rings. The molecule has 0 saturated heterocycles. The van der Waals surface area contributed by atoms with E-state index in [-0.39, 0.29) is 36.8 Å². The van der Waals surface area contributed by atoms with Crippen molar-refractivity contribution in [1.29, 1.82) is 0 Å². The lowest BCUT2D eigenvalue weighted by Crippen LogP contribution is -2.46. The number of hydrogen-bond acceptors (Lipinski definition) is 8. The van der Waals surface area contributed by atoms with E-state index in [1.54, 1.807) is 20.8 Å². The molecule has 1 aromatic carbocycles. The summed E-state index contributed by atoms with van der Waals surface area (Å²) in [6.07, 6.45) is 0.269. The van der Waals surface area contributed by atoms with Crippen molar-refractivity contribution in [3.05, 3.63) is 41.3 Å². The van der Waals surface area contributed by atoms with Gasteiger partial charge in [0, 0.05) is 6.54 Å². The Morgan fingerprint density at radius 1 is 1.24 bits per heavy atom. The second-order valence-electron chi connectivity index (χ2n) is 6.93. The van der Waals surface area contributed by atoms with Crippen LogP contribution in [0.5, 0.6) is 5.75 Å². The molecule has 1 aromatic heterocycles. The third-order valence-corrected chi connectivity index (χ3v) is 6.05. The lowest BCUT2D eigenvalue weighted by Gasteiger charge is -2.17. The average Bonchev–Trinajstić information content (AvgIpc) is 3.13. The second-order valence-corrected chi connectivity index (χ2v) is 8.65. The van der Waals surface area contributed by atoms with Crippen molar-refractivity contribution in [3.63, 3.8) is 0 Å². The van der Waals surface area contributed by atoms with Gasteiger partial charge in [-0.3, -0.25) is 14.8 Å². The van der Waals surface area contributed by atoms with Gasteiger partial charge in [-0.05, 0) is 57.9 Å². The number of sulfonamides is 1. The maximum atomic E-state index is 12.7. The quantitative estimate of drug-likeness (QED) is 0.161. The van der Waals surface area contributed by atoms with Crippen LogP contribution in [0.2, 0.25) is 0 Å². The van der Waals surface area contributed by atoms with Crippen molar-refractivity contribution in [2.75, 3.05) is 13.2 Å². The first-order valence-corrected chi connectivity index (χ1v) is 11.5. The van der Waals surface area contributed by atoms with Crippen LogP contribution in [0, 0.1) is 25.7 Å². The van der Waals surface area contributed by atoms with Gasteiger partial charge in [0.2, 0.25) is 10.0 Å². The normalized spacial score (nSPS) is 11.8. The van der Waals surface area contributed by atoms with Gasteiger partial charge in [-0.2, -0.15) is 4.72 Å². The number of nitrogens with one attached hydrogen (secondary N) is 3. The molecule has 178 valence electrons. The highest BCUT2D eigenvalue weighted by Crippen LogP contribution is 2.17. The molecule has 0 saturated carbocycles. The zero-order valence-corrected chi connectivity index (χ0v) is 19.3. The van der Waals surface area contributed by atoms with E-state index in [4.69, 9.17) is 14.5 Å². The van der Waals surface area contributed by atoms with Gasteiger partial charge >= 0.3 is 0 Å². The van der Waals surface area contributed by atoms with E-state index in [1.165, 1.54) is 29.7 Å². The van der Waals surface area contributed by atoms with Crippen LogP contribution in [0.4, 0.5) is 0 Å². The summed E-state index contributed by atoms with van der Waals surface area (Å²) in [6, 6.07) is 4.34. The van der Waals surface area contributed by atoms with Gasteiger partial charge in [0.15, 0.2) is 0 Å². The number of rotatable bonds is 11. The first-order chi connectivity index (χ1) is 15.7. The summed E-state index contributed by atoms with van der Waals surface area (Å²) in [4.78, 5) is 24.2. The van der Waals surface area contributed by atoms with Crippen LogP contribution in [0.3, 0.4) is 0 Å². The topological polar surface area (TPSA) is 160 Å². The summed E-state index contributed by atoms with van der Waals surface area (Å²) in [5, 5.41) is 15.4. The molecule has 0 radical (unpaired) electrons. The lowest BCUT2D eigenvalue weighted by atomic mass is 10.1. The van der Waals surface area contributed by atoms with Gasteiger partial charge in [-0.15, -0.1) is 5.92 Å². The number of ether oxygens (including phenoxy) is 1. The molecule has 2 rings (SSSR count). The fraction of sp³-hybridized carbons (Fsp3) is 0.381. The molecule has 0 spiro atoms. The van der Waals surface area contributed by atoms with Crippen LogP contribution in [0.25, 0.3) is 0 Å². The Morgan fingerprint density at radius 2 is 1.94 bits per heavy atom. The smallest absolute Gasteiger partial charge is 0.261 e. The summed E-state index contributed by atoms with van der Waals surface area (Å²) in [6.45, 7) is 5.26. The highest BCUT2D eigenvalue weighted by Gasteiger charge is 2.25. The van der Waals surface area contributed by atoms with Gasteiger partial charge in [-0.1, -0.05) is 11.1 Å². The molecule has 11 nitrogen and oxygen atoms in total. The maximum absolute atomic E-state index is 12.7. The number of hydroxylamine groups is 1. The number of aromatic nitrogens is 1. The number of nitrogens with zero attached hydrogens (tertiary/aromatic N) is 1.